The maximum absolute atomic E-state index is 11.4. The Morgan fingerprint density at radius 2 is 0.742 bits per heavy atom. The van der Waals surface area contributed by atoms with Gasteiger partial charge < -0.3 is 4.74 Å². The molecule has 0 saturated carbocycles. The molecule has 0 atom stereocenters. The maximum atomic E-state index is 11.4. The van der Waals surface area contributed by atoms with Crippen LogP contribution in [0.15, 0.2) is 0 Å². The predicted molar refractivity (Wildman–Crippen MR) is 138 cm³/mol. The molecule has 0 aliphatic rings. The SMILES string of the molecule is CCCCCCCCCCCCCCCCCCCCCCCCCC(=O)OC(C)C. The molecular formula is C29H58O2. The zero-order valence-corrected chi connectivity index (χ0v) is 21.9. The van der Waals surface area contributed by atoms with Crippen molar-refractivity contribution >= 4 is 5.97 Å². The van der Waals surface area contributed by atoms with Crippen molar-refractivity contribution in [2.24, 2.45) is 0 Å². The first-order valence-corrected chi connectivity index (χ1v) is 14.4. The van der Waals surface area contributed by atoms with Crippen molar-refractivity contribution in [2.45, 2.75) is 181 Å². The van der Waals surface area contributed by atoms with Crippen molar-refractivity contribution in [3.8, 4) is 0 Å². The van der Waals surface area contributed by atoms with E-state index in [1.807, 2.05) is 13.8 Å². The van der Waals surface area contributed by atoms with Crippen LogP contribution in [-0.2, 0) is 9.53 Å². The van der Waals surface area contributed by atoms with Gasteiger partial charge in [0.25, 0.3) is 0 Å². The minimum absolute atomic E-state index is 0.0250. The molecule has 2 heteroatoms. The zero-order valence-electron chi connectivity index (χ0n) is 21.9. The van der Waals surface area contributed by atoms with Crippen molar-refractivity contribution < 1.29 is 9.53 Å². The molecule has 0 N–H and O–H groups in total. The third-order valence-corrected chi connectivity index (χ3v) is 6.35. The van der Waals surface area contributed by atoms with E-state index in [1.165, 1.54) is 141 Å². The van der Waals surface area contributed by atoms with Crippen LogP contribution in [-0.4, -0.2) is 12.1 Å². The second-order valence-corrected chi connectivity index (χ2v) is 10.1. The number of rotatable bonds is 25. The van der Waals surface area contributed by atoms with E-state index in [4.69, 9.17) is 4.74 Å². The first-order valence-electron chi connectivity index (χ1n) is 14.4. The molecule has 0 aliphatic heterocycles. The molecule has 2 nitrogen and oxygen atoms in total. The number of carbonyl (C=O) groups is 1. The van der Waals surface area contributed by atoms with Gasteiger partial charge in [0.15, 0.2) is 0 Å². The Morgan fingerprint density at radius 3 is 1.00 bits per heavy atom. The predicted octanol–water partition coefficient (Wildman–Crippen LogP) is 10.3. The van der Waals surface area contributed by atoms with Crippen molar-refractivity contribution in [3.05, 3.63) is 0 Å². The van der Waals surface area contributed by atoms with E-state index in [-0.39, 0.29) is 12.1 Å². The zero-order chi connectivity index (χ0) is 22.8. The van der Waals surface area contributed by atoms with E-state index >= 15 is 0 Å². The van der Waals surface area contributed by atoms with Gasteiger partial charge in [0.05, 0.1) is 6.10 Å². The topological polar surface area (TPSA) is 26.3 Å². The number of ether oxygens (including phenoxy) is 1. The molecule has 0 spiro atoms. The number of hydrogen-bond acceptors (Lipinski definition) is 2. The van der Waals surface area contributed by atoms with Crippen LogP contribution in [0.2, 0.25) is 0 Å². The molecule has 0 fully saturated rings. The van der Waals surface area contributed by atoms with Crippen LogP contribution >= 0.6 is 0 Å². The standard InChI is InChI=1S/C29H58O2/c1-4-5-6-7-8-9-10-11-12-13-14-15-16-17-18-19-20-21-22-23-24-25-26-27-29(30)31-28(2)3/h28H,4-27H2,1-3H3. The molecular weight excluding hydrogens is 380 g/mol. The van der Waals surface area contributed by atoms with Crippen molar-refractivity contribution in [2.75, 3.05) is 0 Å². The van der Waals surface area contributed by atoms with E-state index < -0.39 is 0 Å². The van der Waals surface area contributed by atoms with E-state index in [0.29, 0.717) is 6.42 Å². The van der Waals surface area contributed by atoms with Gasteiger partial charge in [-0.3, -0.25) is 4.79 Å². The van der Waals surface area contributed by atoms with Crippen LogP contribution in [0.4, 0.5) is 0 Å². The van der Waals surface area contributed by atoms with Crippen LogP contribution in [0.1, 0.15) is 175 Å². The Kier molecular flexibility index (Phi) is 25.3. The fourth-order valence-electron chi connectivity index (χ4n) is 4.38. The Hall–Kier alpha value is -0.530. The number of esters is 1. The van der Waals surface area contributed by atoms with E-state index in [2.05, 4.69) is 6.92 Å². The molecule has 0 bridgehead atoms. The lowest BCUT2D eigenvalue weighted by molar-refractivity contribution is -0.147. The monoisotopic (exact) mass is 438 g/mol. The summed E-state index contributed by atoms with van der Waals surface area (Å²) in [5.41, 5.74) is 0. The number of unbranched alkanes of at least 4 members (excludes halogenated alkanes) is 22. The fourth-order valence-corrected chi connectivity index (χ4v) is 4.38. The highest BCUT2D eigenvalue weighted by Gasteiger charge is 2.04. The molecule has 186 valence electrons. The Labute approximate surface area is 196 Å². The van der Waals surface area contributed by atoms with E-state index in [0.717, 1.165) is 6.42 Å². The van der Waals surface area contributed by atoms with Gasteiger partial charge in [-0.25, -0.2) is 0 Å². The van der Waals surface area contributed by atoms with Gasteiger partial charge in [0.1, 0.15) is 0 Å². The summed E-state index contributed by atoms with van der Waals surface area (Å²) in [6.07, 6.45) is 32.8. The van der Waals surface area contributed by atoms with Crippen molar-refractivity contribution in [3.63, 3.8) is 0 Å². The van der Waals surface area contributed by atoms with Gasteiger partial charge in [0.2, 0.25) is 0 Å². The average molecular weight is 439 g/mol. The minimum Gasteiger partial charge on any atom is -0.463 e. The van der Waals surface area contributed by atoms with Crippen molar-refractivity contribution in [1.29, 1.82) is 0 Å². The average Bonchev–Trinajstić information content (AvgIpc) is 2.73. The van der Waals surface area contributed by atoms with Crippen LogP contribution in [0.3, 0.4) is 0 Å². The van der Waals surface area contributed by atoms with Gasteiger partial charge >= 0.3 is 5.97 Å². The van der Waals surface area contributed by atoms with E-state index in [9.17, 15) is 4.79 Å². The summed E-state index contributed by atoms with van der Waals surface area (Å²) in [4.78, 5) is 11.4. The summed E-state index contributed by atoms with van der Waals surface area (Å²) >= 11 is 0. The quantitative estimate of drug-likeness (QED) is 0.105. The summed E-state index contributed by atoms with van der Waals surface area (Å²) < 4.78 is 5.16. The summed E-state index contributed by atoms with van der Waals surface area (Å²) in [5, 5.41) is 0. The first-order chi connectivity index (χ1) is 15.2. The Balaban J connectivity index is 3.06. The lowest BCUT2D eigenvalue weighted by Crippen LogP contribution is -2.10. The van der Waals surface area contributed by atoms with Crippen LogP contribution in [0.25, 0.3) is 0 Å². The largest absolute Gasteiger partial charge is 0.463 e. The van der Waals surface area contributed by atoms with Gasteiger partial charge in [-0.15, -0.1) is 0 Å². The summed E-state index contributed by atoms with van der Waals surface area (Å²) in [7, 11) is 0. The fraction of sp³-hybridized carbons (Fsp3) is 0.966. The second-order valence-electron chi connectivity index (χ2n) is 10.1. The normalized spacial score (nSPS) is 11.4. The molecule has 0 heterocycles. The number of carbonyl (C=O) groups excluding carboxylic acids is 1. The summed E-state index contributed by atoms with van der Waals surface area (Å²) in [6.45, 7) is 6.12. The first kappa shape index (κ1) is 30.5. The molecule has 0 aromatic rings. The minimum atomic E-state index is -0.0292. The van der Waals surface area contributed by atoms with Gasteiger partial charge in [-0.2, -0.15) is 0 Å². The summed E-state index contributed by atoms with van der Waals surface area (Å²) in [5.74, 6) is -0.0292. The molecule has 0 aromatic carbocycles. The molecule has 31 heavy (non-hydrogen) atoms. The lowest BCUT2D eigenvalue weighted by atomic mass is 10.0. The Bertz CT molecular complexity index is 351. The van der Waals surface area contributed by atoms with Crippen LogP contribution in [0, 0.1) is 0 Å². The lowest BCUT2D eigenvalue weighted by Gasteiger charge is -2.07. The molecule has 0 amide bonds. The summed E-state index contributed by atoms with van der Waals surface area (Å²) in [6, 6.07) is 0. The highest BCUT2D eigenvalue weighted by Crippen LogP contribution is 2.15. The third-order valence-electron chi connectivity index (χ3n) is 6.35. The van der Waals surface area contributed by atoms with Gasteiger partial charge in [-0.05, 0) is 20.3 Å². The highest BCUT2D eigenvalue weighted by molar-refractivity contribution is 5.69. The van der Waals surface area contributed by atoms with Gasteiger partial charge in [0, 0.05) is 6.42 Å². The third kappa shape index (κ3) is 27.4. The second kappa shape index (κ2) is 25.7. The molecule has 0 rings (SSSR count). The van der Waals surface area contributed by atoms with Crippen LogP contribution in [0.5, 0.6) is 0 Å². The smallest absolute Gasteiger partial charge is 0.306 e. The number of hydrogen-bond donors (Lipinski definition) is 0. The Morgan fingerprint density at radius 1 is 0.484 bits per heavy atom. The van der Waals surface area contributed by atoms with Crippen molar-refractivity contribution in [1.82, 2.24) is 0 Å². The molecule has 0 saturated heterocycles. The van der Waals surface area contributed by atoms with E-state index in [1.54, 1.807) is 0 Å². The maximum Gasteiger partial charge on any atom is 0.306 e. The van der Waals surface area contributed by atoms with Crippen LogP contribution < -0.4 is 0 Å². The molecule has 0 aromatic heterocycles. The molecule has 0 aliphatic carbocycles. The highest BCUT2D eigenvalue weighted by atomic mass is 16.5. The molecule has 0 unspecified atom stereocenters. The van der Waals surface area contributed by atoms with Gasteiger partial charge in [-0.1, -0.05) is 148 Å². The molecule has 0 radical (unpaired) electrons.